The summed E-state index contributed by atoms with van der Waals surface area (Å²) in [5.74, 6) is 0. The van der Waals surface area contributed by atoms with Gasteiger partial charge in [-0.3, -0.25) is 4.31 Å². The van der Waals surface area contributed by atoms with Gasteiger partial charge in [0.1, 0.15) is 12.6 Å². The maximum absolute atomic E-state index is 11.1. The van der Waals surface area contributed by atoms with E-state index in [0.29, 0.717) is 6.61 Å². The van der Waals surface area contributed by atoms with Crippen LogP contribution in [0.5, 0.6) is 0 Å². The number of quaternary nitrogens is 1. The first kappa shape index (κ1) is 14.6. The van der Waals surface area contributed by atoms with E-state index in [2.05, 4.69) is 9.71 Å². The zero-order valence-corrected chi connectivity index (χ0v) is 11.9. The molecule has 2 atom stereocenters. The number of carbonyl (C=O) groups is 1. The smallest absolute Gasteiger partial charge is 0.179 e. The molecule has 0 spiro atoms. The van der Waals surface area contributed by atoms with Crippen molar-refractivity contribution < 1.29 is 20.0 Å². The van der Waals surface area contributed by atoms with Crippen LogP contribution in [0.4, 0.5) is 4.79 Å². The van der Waals surface area contributed by atoms with Crippen LogP contribution in [-0.2, 0) is 4.74 Å². The van der Waals surface area contributed by atoms with Gasteiger partial charge in [0.2, 0.25) is 0 Å². The van der Waals surface area contributed by atoms with Crippen LogP contribution in [0.3, 0.4) is 0 Å². The Bertz CT molecular complexity index is 297. The molecule has 0 radical (unpaired) electrons. The highest BCUT2D eigenvalue weighted by Gasteiger charge is 2.40. The number of rotatable bonds is 4. The van der Waals surface area contributed by atoms with Gasteiger partial charge in [-0.1, -0.05) is 10.8 Å². The Morgan fingerprint density at radius 2 is 2.47 bits per heavy atom. The van der Waals surface area contributed by atoms with Crippen LogP contribution in [0.2, 0.25) is 0 Å². The second-order valence-electron chi connectivity index (χ2n) is 3.44. The summed E-state index contributed by atoms with van der Waals surface area (Å²) in [6.07, 6.45) is 2.29. The Morgan fingerprint density at radius 1 is 1.76 bits per heavy atom. The lowest BCUT2D eigenvalue weighted by molar-refractivity contribution is -0.672. The topological polar surface area (TPSA) is 81.6 Å². The largest absolute Gasteiger partial charge is 0.529 e. The van der Waals surface area contributed by atoms with Gasteiger partial charge in [-0.2, -0.15) is 0 Å². The summed E-state index contributed by atoms with van der Waals surface area (Å²) < 4.78 is 11.3. The van der Waals surface area contributed by atoms with Crippen LogP contribution in [0.25, 0.3) is 0 Å². The van der Waals surface area contributed by atoms with Crippen LogP contribution in [-0.4, -0.2) is 55.0 Å². The maximum atomic E-state index is 11.1. The fraction of sp³-hybridized carbons (Fsp3) is 0.778. The van der Waals surface area contributed by atoms with Gasteiger partial charge in [0.25, 0.3) is 0 Å². The lowest BCUT2D eigenvalue weighted by Crippen LogP contribution is -2.89. The molecule has 8 heteroatoms. The Kier molecular flexibility index (Phi) is 5.57. The molecule has 1 aliphatic rings. The van der Waals surface area contributed by atoms with Crippen LogP contribution in [0.1, 0.15) is 6.92 Å². The molecule has 1 saturated heterocycles. The van der Waals surface area contributed by atoms with Crippen molar-refractivity contribution in [2.24, 2.45) is 4.40 Å². The zero-order valence-electron chi connectivity index (χ0n) is 10.3. The number of hydrogen-bond donors (Lipinski definition) is 1. The van der Waals surface area contributed by atoms with E-state index in [0.717, 1.165) is 13.1 Å². The lowest BCUT2D eigenvalue weighted by Gasteiger charge is -2.47. The van der Waals surface area contributed by atoms with E-state index in [-0.39, 0.29) is 5.44 Å². The molecule has 1 aliphatic heterocycles. The van der Waals surface area contributed by atoms with Crippen LogP contribution >= 0.6 is 20.2 Å². The highest BCUT2D eigenvalue weighted by atomic mass is 33.2. The number of carboxylic acid groups (broad SMARTS) is 1. The molecular formula is C9H19N3O3S2. The van der Waals surface area contributed by atoms with Gasteiger partial charge in [-0.25, -0.2) is 4.40 Å². The summed E-state index contributed by atoms with van der Waals surface area (Å²) >= 11 is 0. The third kappa shape index (κ3) is 3.06. The number of carbonyl (C=O) groups excluding carboxylic acids is 1. The van der Waals surface area contributed by atoms with Crippen LogP contribution in [0, 0.1) is 0 Å². The van der Waals surface area contributed by atoms with Crippen molar-refractivity contribution in [3.63, 3.8) is 0 Å². The SMILES string of the molecule is C/C=N/S(SC)(C1C[NH2+]CCO1)N(C)C(=O)[O-]. The number of morpholine rings is 1. The van der Waals surface area contributed by atoms with Gasteiger partial charge >= 0.3 is 0 Å². The minimum absolute atomic E-state index is 0.189. The van der Waals surface area contributed by atoms with Gasteiger partial charge in [0.05, 0.1) is 13.2 Å². The molecule has 0 aliphatic carbocycles. The number of hydrogen-bond acceptors (Lipinski definition) is 5. The fourth-order valence-electron chi connectivity index (χ4n) is 1.65. The fourth-order valence-corrected chi connectivity index (χ4v) is 6.40. The molecule has 0 bridgehead atoms. The molecule has 2 N–H and O–H groups in total. The first-order valence-electron chi connectivity index (χ1n) is 5.34. The molecule has 17 heavy (non-hydrogen) atoms. The zero-order chi connectivity index (χ0) is 12.9. The first-order valence-corrected chi connectivity index (χ1v) is 8.69. The normalized spacial score (nSPS) is 26.4. The van der Waals surface area contributed by atoms with E-state index in [9.17, 15) is 9.90 Å². The number of nitrogens with zero attached hydrogens (tertiary/aromatic N) is 2. The van der Waals surface area contributed by atoms with Crippen molar-refractivity contribution >= 4 is 32.5 Å². The minimum Gasteiger partial charge on any atom is -0.529 e. The van der Waals surface area contributed by atoms with Crippen LogP contribution < -0.4 is 10.4 Å². The van der Waals surface area contributed by atoms with Crippen molar-refractivity contribution in [3.8, 4) is 0 Å². The molecule has 0 aromatic carbocycles. The second-order valence-corrected chi connectivity index (χ2v) is 8.61. The molecular weight excluding hydrogens is 262 g/mol. The summed E-state index contributed by atoms with van der Waals surface area (Å²) in [6, 6.07) is 0. The van der Waals surface area contributed by atoms with E-state index in [4.69, 9.17) is 4.74 Å². The highest BCUT2D eigenvalue weighted by Crippen LogP contribution is 2.65. The molecule has 0 saturated carbocycles. The van der Waals surface area contributed by atoms with Gasteiger partial charge in [0, 0.05) is 22.7 Å². The summed E-state index contributed by atoms with van der Waals surface area (Å²) in [5.41, 5.74) is -0.189. The molecule has 0 aromatic heterocycles. The summed E-state index contributed by atoms with van der Waals surface area (Å²) in [5, 5.41) is 13.2. The van der Waals surface area contributed by atoms with Gasteiger partial charge in [-0.05, 0) is 13.2 Å². The van der Waals surface area contributed by atoms with Crippen LogP contribution in [0.15, 0.2) is 4.40 Å². The third-order valence-corrected chi connectivity index (χ3v) is 8.47. The average molecular weight is 281 g/mol. The Morgan fingerprint density at radius 3 is 2.88 bits per heavy atom. The summed E-state index contributed by atoms with van der Waals surface area (Å²) in [7, 11) is 0.976. The summed E-state index contributed by atoms with van der Waals surface area (Å²) in [6.45, 7) is 4.05. The molecule has 100 valence electrons. The van der Waals surface area contributed by atoms with Crippen molar-refractivity contribution in [2.45, 2.75) is 12.4 Å². The Labute approximate surface area is 107 Å². The standard InChI is InChI=1S/C9H19N3O3S2/c1-4-11-17(16-3,12(2)9(13)14)8-7-10-5-6-15-8/h4,8,10H,5-7H2,1-3H3,(H,13,14)/b11-4+. The predicted molar refractivity (Wildman–Crippen MR) is 69.8 cm³/mol. The highest BCUT2D eigenvalue weighted by molar-refractivity contribution is 8.92. The molecule has 2 unspecified atom stereocenters. The van der Waals surface area contributed by atoms with E-state index >= 15 is 0 Å². The summed E-state index contributed by atoms with van der Waals surface area (Å²) in [4.78, 5) is 11.1. The van der Waals surface area contributed by atoms with Gasteiger partial charge < -0.3 is 20.0 Å². The molecule has 1 rings (SSSR count). The van der Waals surface area contributed by atoms with E-state index < -0.39 is 15.5 Å². The van der Waals surface area contributed by atoms with Gasteiger partial charge in [0.15, 0.2) is 5.44 Å². The predicted octanol–water partition coefficient (Wildman–Crippen LogP) is -0.815. The van der Waals surface area contributed by atoms with E-state index in [1.807, 2.05) is 6.26 Å². The maximum Gasteiger partial charge on any atom is 0.179 e. The molecule has 1 fully saturated rings. The van der Waals surface area contributed by atoms with Gasteiger partial charge in [-0.15, -0.1) is 0 Å². The monoisotopic (exact) mass is 281 g/mol. The van der Waals surface area contributed by atoms with E-state index in [1.54, 1.807) is 13.1 Å². The quantitative estimate of drug-likeness (QED) is 0.539. The number of nitrogens with two attached hydrogens (primary N) is 1. The molecule has 0 aromatic rings. The number of ether oxygens (including phenoxy) is 1. The average Bonchev–Trinajstić information content (AvgIpc) is 2.36. The lowest BCUT2D eigenvalue weighted by atomic mass is 10.5. The van der Waals surface area contributed by atoms with Crippen molar-refractivity contribution in [1.82, 2.24) is 4.31 Å². The van der Waals surface area contributed by atoms with E-state index in [1.165, 1.54) is 22.1 Å². The second kappa shape index (κ2) is 6.48. The Balaban J connectivity index is 3.01. The number of amides is 1. The minimum atomic E-state index is -1.96. The Hall–Kier alpha value is -0.440. The molecule has 6 nitrogen and oxygen atoms in total. The third-order valence-electron chi connectivity index (χ3n) is 2.48. The molecule has 1 heterocycles. The molecule has 1 amide bonds. The van der Waals surface area contributed by atoms with Crippen molar-refractivity contribution in [2.75, 3.05) is 33.0 Å². The van der Waals surface area contributed by atoms with Crippen molar-refractivity contribution in [1.29, 1.82) is 0 Å². The first-order chi connectivity index (χ1) is 8.08. The van der Waals surface area contributed by atoms with Crippen molar-refractivity contribution in [3.05, 3.63) is 0 Å².